The van der Waals surface area contributed by atoms with Crippen LogP contribution in [0.15, 0.2) is 16.8 Å². The van der Waals surface area contributed by atoms with Crippen LogP contribution in [0.2, 0.25) is 0 Å². The van der Waals surface area contributed by atoms with Crippen molar-refractivity contribution in [3.05, 3.63) is 22.4 Å². The van der Waals surface area contributed by atoms with Crippen molar-refractivity contribution in [2.75, 3.05) is 7.11 Å². The lowest BCUT2D eigenvalue weighted by Gasteiger charge is -2.51. The minimum Gasteiger partial charge on any atom is -0.480 e. The molecule has 0 aliphatic carbocycles. The molecule has 11 heteroatoms. The van der Waals surface area contributed by atoms with E-state index < -0.39 is 51.6 Å². The fraction of sp³-hybridized carbons (Fsp3) is 0.500. The van der Waals surface area contributed by atoms with Crippen LogP contribution >= 0.6 is 23.1 Å². The lowest BCUT2D eigenvalue weighted by Crippen LogP contribution is -2.80. The van der Waals surface area contributed by atoms with Crippen molar-refractivity contribution in [3.63, 3.8) is 0 Å². The third-order valence-corrected chi connectivity index (χ3v) is 7.07. The van der Waals surface area contributed by atoms with Crippen molar-refractivity contribution in [3.8, 4) is 0 Å². The van der Waals surface area contributed by atoms with E-state index in [1.807, 2.05) is 0 Å². The zero-order valence-electron chi connectivity index (χ0n) is 14.7. The van der Waals surface area contributed by atoms with E-state index in [-0.39, 0.29) is 0 Å². The number of rotatable bonds is 6. The second-order valence-corrected chi connectivity index (χ2v) is 9.30. The summed E-state index contributed by atoms with van der Waals surface area (Å²) in [7, 11) is 1.22. The number of nitrogens with zero attached hydrogens (tertiary/aromatic N) is 1. The summed E-state index contributed by atoms with van der Waals surface area (Å²) < 4.78 is 4.50. The molecule has 146 valence electrons. The van der Waals surface area contributed by atoms with E-state index in [9.17, 15) is 29.4 Å². The first kappa shape index (κ1) is 19.6. The standard InChI is InChI=1S/C16H18N2O7S2/c1-15(2)9(12(22)23)18-13(24)16(25-3,14(18)27-15)17-10(19)8(11(20)21)7-4-5-26-6-7/h4-6,8-9,14H,1-3H3,(H,17,19)(H,20,21)(H,22,23)/t8?,9-,14+,16?/m0/s1. The lowest BCUT2D eigenvalue weighted by atomic mass is 9.92. The van der Waals surface area contributed by atoms with Crippen molar-refractivity contribution >= 4 is 46.9 Å². The molecule has 2 amide bonds. The zero-order valence-corrected chi connectivity index (χ0v) is 16.3. The summed E-state index contributed by atoms with van der Waals surface area (Å²) >= 11 is 2.43. The molecule has 0 bridgehead atoms. The Bertz CT molecular complexity index is 810. The summed E-state index contributed by atoms with van der Waals surface area (Å²) in [5, 5.41) is 23.8. The smallest absolute Gasteiger partial charge is 0.327 e. The van der Waals surface area contributed by atoms with E-state index >= 15 is 0 Å². The van der Waals surface area contributed by atoms with Crippen LogP contribution in [-0.2, 0) is 23.9 Å². The Kier molecular flexibility index (Phi) is 4.73. The topological polar surface area (TPSA) is 133 Å². The molecule has 0 saturated carbocycles. The van der Waals surface area contributed by atoms with Crippen molar-refractivity contribution in [2.24, 2.45) is 0 Å². The Labute approximate surface area is 162 Å². The van der Waals surface area contributed by atoms with Crippen LogP contribution in [-0.4, -0.2) is 67.9 Å². The highest BCUT2D eigenvalue weighted by Crippen LogP contribution is 2.55. The van der Waals surface area contributed by atoms with Crippen LogP contribution in [0, 0.1) is 0 Å². The fourth-order valence-electron chi connectivity index (χ4n) is 3.48. The molecule has 2 unspecified atom stereocenters. The van der Waals surface area contributed by atoms with E-state index in [1.165, 1.54) is 36.3 Å². The summed E-state index contributed by atoms with van der Waals surface area (Å²) in [5.41, 5.74) is -1.50. The number of hydrogen-bond acceptors (Lipinski definition) is 7. The van der Waals surface area contributed by atoms with Gasteiger partial charge < -0.3 is 25.2 Å². The molecule has 0 radical (unpaired) electrons. The first-order chi connectivity index (χ1) is 12.6. The van der Waals surface area contributed by atoms with Crippen molar-refractivity contribution in [1.82, 2.24) is 10.2 Å². The molecular formula is C16H18N2O7S2. The number of carboxylic acid groups (broad SMARTS) is 2. The number of methoxy groups -OCH3 is 1. The molecule has 9 nitrogen and oxygen atoms in total. The van der Waals surface area contributed by atoms with Gasteiger partial charge in [0.1, 0.15) is 11.4 Å². The Hall–Kier alpha value is -2.11. The molecule has 1 aromatic heterocycles. The minimum absolute atomic E-state index is 0.294. The Morgan fingerprint density at radius 3 is 2.48 bits per heavy atom. The van der Waals surface area contributed by atoms with Gasteiger partial charge in [0, 0.05) is 11.9 Å². The maximum atomic E-state index is 12.8. The van der Waals surface area contributed by atoms with Gasteiger partial charge in [-0.25, -0.2) is 4.79 Å². The molecule has 2 aliphatic rings. The van der Waals surface area contributed by atoms with E-state index in [2.05, 4.69) is 5.32 Å². The molecule has 0 spiro atoms. The highest BCUT2D eigenvalue weighted by Gasteiger charge is 2.73. The fourth-order valence-corrected chi connectivity index (χ4v) is 5.84. The third kappa shape index (κ3) is 2.80. The van der Waals surface area contributed by atoms with Gasteiger partial charge in [0.05, 0.1) is 0 Å². The van der Waals surface area contributed by atoms with E-state index in [0.717, 1.165) is 4.90 Å². The summed E-state index contributed by atoms with van der Waals surface area (Å²) in [4.78, 5) is 49.9. The summed E-state index contributed by atoms with van der Waals surface area (Å²) in [6.45, 7) is 3.38. The van der Waals surface area contributed by atoms with E-state index in [4.69, 9.17) is 4.74 Å². The van der Waals surface area contributed by atoms with Gasteiger partial charge in [-0.3, -0.25) is 14.4 Å². The van der Waals surface area contributed by atoms with Crippen LogP contribution in [0.1, 0.15) is 25.3 Å². The van der Waals surface area contributed by atoms with Crippen LogP contribution in [0.5, 0.6) is 0 Å². The van der Waals surface area contributed by atoms with Gasteiger partial charge in [0.15, 0.2) is 5.92 Å². The number of amides is 2. The van der Waals surface area contributed by atoms with Crippen LogP contribution in [0.4, 0.5) is 0 Å². The van der Waals surface area contributed by atoms with Gasteiger partial charge in [0.2, 0.25) is 5.91 Å². The number of ether oxygens (including phenoxy) is 1. The zero-order chi connectivity index (χ0) is 20.1. The van der Waals surface area contributed by atoms with Gasteiger partial charge in [-0.15, -0.1) is 11.8 Å². The molecule has 2 fully saturated rings. The number of fused-ring (bicyclic) bond motifs is 1. The number of aliphatic carboxylic acids is 2. The molecule has 2 aliphatic heterocycles. The first-order valence-electron chi connectivity index (χ1n) is 7.92. The molecule has 3 heterocycles. The summed E-state index contributed by atoms with van der Waals surface area (Å²) in [6, 6.07) is 0.443. The van der Waals surface area contributed by atoms with Crippen LogP contribution in [0.25, 0.3) is 0 Å². The molecular weight excluding hydrogens is 396 g/mol. The maximum Gasteiger partial charge on any atom is 0.327 e. The monoisotopic (exact) mass is 414 g/mol. The number of carbonyl (C=O) groups is 4. The molecule has 0 aromatic carbocycles. The number of carboxylic acids is 2. The van der Waals surface area contributed by atoms with Gasteiger partial charge in [-0.1, -0.05) is 0 Å². The SMILES string of the molecule is COC1(NC(=O)C(C(=O)O)c2ccsc2)C(=O)N2[C@@H](C(=O)O)C(C)(C)S[C@@H]21. The molecule has 3 rings (SSSR count). The van der Waals surface area contributed by atoms with E-state index in [1.54, 1.807) is 24.6 Å². The average molecular weight is 414 g/mol. The molecule has 1 aromatic rings. The predicted molar refractivity (Wildman–Crippen MR) is 96.3 cm³/mol. The minimum atomic E-state index is -1.80. The van der Waals surface area contributed by atoms with Gasteiger partial charge in [-0.05, 0) is 36.2 Å². The quantitative estimate of drug-likeness (QED) is 0.349. The van der Waals surface area contributed by atoms with Crippen molar-refractivity contribution < 1.29 is 34.1 Å². The highest BCUT2D eigenvalue weighted by molar-refractivity contribution is 8.01. The van der Waals surface area contributed by atoms with Gasteiger partial charge in [0.25, 0.3) is 11.6 Å². The van der Waals surface area contributed by atoms with Crippen molar-refractivity contribution in [1.29, 1.82) is 0 Å². The molecule has 2 saturated heterocycles. The largest absolute Gasteiger partial charge is 0.480 e. The second kappa shape index (κ2) is 6.50. The third-order valence-electron chi connectivity index (χ3n) is 4.76. The van der Waals surface area contributed by atoms with Gasteiger partial charge >= 0.3 is 11.9 Å². The van der Waals surface area contributed by atoms with Crippen molar-refractivity contribution in [2.45, 2.75) is 41.7 Å². The predicted octanol–water partition coefficient (Wildman–Crippen LogP) is 0.522. The molecule has 3 N–H and O–H groups in total. The first-order valence-corrected chi connectivity index (χ1v) is 9.74. The lowest BCUT2D eigenvalue weighted by molar-refractivity contribution is -0.201. The van der Waals surface area contributed by atoms with E-state index in [0.29, 0.717) is 5.56 Å². The summed E-state index contributed by atoms with van der Waals surface area (Å²) in [5.74, 6) is -5.61. The number of hydrogen-bond donors (Lipinski definition) is 3. The number of carbonyl (C=O) groups excluding carboxylic acids is 2. The number of thiophene rings is 1. The number of nitrogens with one attached hydrogen (secondary N) is 1. The maximum absolute atomic E-state index is 12.8. The number of β-lactam (4-membered cyclic amide) rings is 1. The summed E-state index contributed by atoms with van der Waals surface area (Å²) in [6.07, 6.45) is 0. The van der Waals surface area contributed by atoms with Gasteiger partial charge in [-0.2, -0.15) is 11.3 Å². The Balaban J connectivity index is 1.89. The molecule has 4 atom stereocenters. The second-order valence-electron chi connectivity index (χ2n) is 6.78. The Morgan fingerprint density at radius 1 is 1.33 bits per heavy atom. The highest BCUT2D eigenvalue weighted by atomic mass is 32.2. The van der Waals surface area contributed by atoms with Crippen LogP contribution in [0.3, 0.4) is 0 Å². The normalized spacial score (nSPS) is 29.6. The number of thioether (sulfide) groups is 1. The average Bonchev–Trinajstić information content (AvgIpc) is 3.16. The Morgan fingerprint density at radius 2 is 2.00 bits per heavy atom. The van der Waals surface area contributed by atoms with Crippen LogP contribution < -0.4 is 5.32 Å². The molecule has 27 heavy (non-hydrogen) atoms.